The normalized spacial score (nSPS) is 10.4. The van der Waals surface area contributed by atoms with Crippen molar-refractivity contribution in [2.75, 3.05) is 30.8 Å². The number of fused-ring (bicyclic) bond motifs is 1. The van der Waals surface area contributed by atoms with Gasteiger partial charge in [0, 0.05) is 18.5 Å². The van der Waals surface area contributed by atoms with E-state index >= 15 is 0 Å². The highest BCUT2D eigenvalue weighted by molar-refractivity contribution is 5.91. The fourth-order valence-electron chi connectivity index (χ4n) is 2.60. The molecule has 0 saturated carbocycles. The number of ether oxygens (including phenoxy) is 1. The highest BCUT2D eigenvalue weighted by Crippen LogP contribution is 2.24. The van der Waals surface area contributed by atoms with E-state index in [4.69, 9.17) is 4.74 Å². The molecule has 1 heterocycles. The molecule has 6 nitrogen and oxygen atoms in total. The molecule has 2 aromatic carbocycles. The molecule has 0 fully saturated rings. The van der Waals surface area contributed by atoms with Gasteiger partial charge < -0.3 is 20.7 Å². The molecule has 1 aromatic heterocycles. The van der Waals surface area contributed by atoms with Gasteiger partial charge in [0.05, 0.1) is 18.3 Å². The number of amides is 2. The summed E-state index contributed by atoms with van der Waals surface area (Å²) in [5.74, 6) is 1.42. The van der Waals surface area contributed by atoms with E-state index in [1.807, 2.05) is 61.5 Å². The Morgan fingerprint density at radius 3 is 2.77 bits per heavy atom. The molecule has 0 aliphatic carbocycles. The number of rotatable bonds is 6. The minimum Gasteiger partial charge on any atom is -0.495 e. The van der Waals surface area contributed by atoms with Crippen LogP contribution in [0.2, 0.25) is 0 Å². The average Bonchev–Trinajstić information content (AvgIpc) is 2.66. The highest BCUT2D eigenvalue weighted by atomic mass is 16.5. The lowest BCUT2D eigenvalue weighted by Crippen LogP contribution is -2.32. The third kappa shape index (κ3) is 4.42. The van der Waals surface area contributed by atoms with Gasteiger partial charge >= 0.3 is 6.03 Å². The van der Waals surface area contributed by atoms with E-state index in [2.05, 4.69) is 20.9 Å². The number of anilines is 2. The Hall–Kier alpha value is -3.28. The van der Waals surface area contributed by atoms with E-state index in [1.165, 1.54) is 0 Å². The lowest BCUT2D eigenvalue weighted by molar-refractivity contribution is 0.252. The number of para-hydroxylation sites is 1. The lowest BCUT2D eigenvalue weighted by Gasteiger charge is -2.12. The summed E-state index contributed by atoms with van der Waals surface area (Å²) in [5, 5.41) is 9.91. The summed E-state index contributed by atoms with van der Waals surface area (Å²) in [4.78, 5) is 16.6. The number of carbonyl (C=O) groups is 1. The first kappa shape index (κ1) is 17.5. The maximum atomic E-state index is 12.0. The minimum atomic E-state index is -0.277. The van der Waals surface area contributed by atoms with Gasteiger partial charge in [-0.3, -0.25) is 0 Å². The minimum absolute atomic E-state index is 0.277. The van der Waals surface area contributed by atoms with Gasteiger partial charge in [-0.2, -0.15) is 0 Å². The van der Waals surface area contributed by atoms with Crippen LogP contribution in [-0.4, -0.2) is 31.2 Å². The van der Waals surface area contributed by atoms with Crippen molar-refractivity contribution in [3.8, 4) is 5.75 Å². The van der Waals surface area contributed by atoms with Gasteiger partial charge in [-0.15, -0.1) is 0 Å². The number of benzene rings is 2. The molecule has 26 heavy (non-hydrogen) atoms. The van der Waals surface area contributed by atoms with Crippen LogP contribution in [0.3, 0.4) is 0 Å². The molecule has 2 amide bonds. The molecule has 0 aliphatic heterocycles. The Bertz CT molecular complexity index is 911. The third-order valence-corrected chi connectivity index (χ3v) is 3.92. The molecular formula is C20H22N4O2. The summed E-state index contributed by atoms with van der Waals surface area (Å²) < 4.78 is 5.28. The van der Waals surface area contributed by atoms with Crippen molar-refractivity contribution in [1.82, 2.24) is 10.3 Å². The number of pyridine rings is 1. The smallest absolute Gasteiger partial charge is 0.319 e. The predicted molar refractivity (Wildman–Crippen MR) is 105 cm³/mol. The van der Waals surface area contributed by atoms with Gasteiger partial charge in [0.1, 0.15) is 11.6 Å². The predicted octanol–water partition coefficient (Wildman–Crippen LogP) is 3.79. The number of hydrogen-bond donors (Lipinski definition) is 3. The summed E-state index contributed by atoms with van der Waals surface area (Å²) in [6.45, 7) is 3.01. The number of aromatic nitrogens is 1. The number of carbonyl (C=O) groups excluding carboxylic acids is 1. The molecular weight excluding hydrogens is 328 g/mol. The molecule has 0 radical (unpaired) electrons. The summed E-state index contributed by atoms with van der Waals surface area (Å²) in [7, 11) is 1.58. The molecule has 3 N–H and O–H groups in total. The zero-order valence-corrected chi connectivity index (χ0v) is 14.9. The number of aryl methyl sites for hydroxylation is 1. The first-order chi connectivity index (χ1) is 12.7. The molecule has 3 aromatic rings. The fourth-order valence-corrected chi connectivity index (χ4v) is 2.60. The Morgan fingerprint density at radius 1 is 1.08 bits per heavy atom. The summed E-state index contributed by atoms with van der Waals surface area (Å²) in [5.41, 5.74) is 2.65. The van der Waals surface area contributed by atoms with E-state index in [0.717, 1.165) is 22.3 Å². The maximum absolute atomic E-state index is 12.0. The van der Waals surface area contributed by atoms with E-state index in [-0.39, 0.29) is 6.03 Å². The van der Waals surface area contributed by atoms with Crippen molar-refractivity contribution in [1.29, 1.82) is 0 Å². The number of hydrogen-bond acceptors (Lipinski definition) is 4. The Balaban J connectivity index is 1.47. The number of urea groups is 1. The van der Waals surface area contributed by atoms with E-state index in [0.29, 0.717) is 24.5 Å². The largest absolute Gasteiger partial charge is 0.495 e. The van der Waals surface area contributed by atoms with Crippen molar-refractivity contribution in [2.45, 2.75) is 6.92 Å². The van der Waals surface area contributed by atoms with Crippen LogP contribution in [0.1, 0.15) is 5.56 Å². The fraction of sp³-hybridized carbons (Fsp3) is 0.200. The Kier molecular flexibility index (Phi) is 5.53. The monoisotopic (exact) mass is 350 g/mol. The second kappa shape index (κ2) is 8.20. The van der Waals surface area contributed by atoms with Crippen LogP contribution >= 0.6 is 0 Å². The Labute approximate surface area is 152 Å². The van der Waals surface area contributed by atoms with Crippen LogP contribution in [0.4, 0.5) is 16.3 Å². The van der Waals surface area contributed by atoms with Crippen LogP contribution < -0.4 is 20.7 Å². The maximum Gasteiger partial charge on any atom is 0.319 e. The van der Waals surface area contributed by atoms with Crippen molar-refractivity contribution < 1.29 is 9.53 Å². The second-order valence-corrected chi connectivity index (χ2v) is 5.90. The van der Waals surface area contributed by atoms with Crippen molar-refractivity contribution in [2.24, 2.45) is 0 Å². The summed E-state index contributed by atoms with van der Waals surface area (Å²) in [6.07, 6.45) is 0. The number of nitrogens with zero attached hydrogens (tertiary/aromatic N) is 1. The van der Waals surface area contributed by atoms with Crippen LogP contribution in [0.25, 0.3) is 10.9 Å². The van der Waals surface area contributed by atoms with Crippen molar-refractivity contribution >= 4 is 28.4 Å². The highest BCUT2D eigenvalue weighted by Gasteiger charge is 2.07. The number of nitrogens with one attached hydrogen (secondary N) is 3. The van der Waals surface area contributed by atoms with E-state index in [9.17, 15) is 4.79 Å². The van der Waals surface area contributed by atoms with Crippen molar-refractivity contribution in [3.05, 3.63) is 60.2 Å². The summed E-state index contributed by atoms with van der Waals surface area (Å²) in [6, 6.07) is 17.2. The zero-order valence-electron chi connectivity index (χ0n) is 14.9. The Morgan fingerprint density at radius 2 is 1.92 bits per heavy atom. The third-order valence-electron chi connectivity index (χ3n) is 3.92. The van der Waals surface area contributed by atoms with Gasteiger partial charge in [-0.25, -0.2) is 9.78 Å². The SMILES string of the molecule is COc1cc(C)ccc1NC(=O)NCCNc1ccc2ccccc2n1. The quantitative estimate of drug-likeness (QED) is 0.591. The van der Waals surface area contributed by atoms with Crippen molar-refractivity contribution in [3.63, 3.8) is 0 Å². The van der Waals surface area contributed by atoms with Gasteiger partial charge in [0.2, 0.25) is 0 Å². The van der Waals surface area contributed by atoms with Crippen LogP contribution in [0.15, 0.2) is 54.6 Å². The lowest BCUT2D eigenvalue weighted by atomic mass is 10.2. The van der Waals surface area contributed by atoms with Crippen LogP contribution in [0.5, 0.6) is 5.75 Å². The molecule has 0 spiro atoms. The molecule has 0 unspecified atom stereocenters. The van der Waals surface area contributed by atoms with Crippen LogP contribution in [-0.2, 0) is 0 Å². The van der Waals surface area contributed by atoms with Gasteiger partial charge in [-0.1, -0.05) is 24.3 Å². The topological polar surface area (TPSA) is 75.3 Å². The molecule has 3 rings (SSSR count). The number of methoxy groups -OCH3 is 1. The first-order valence-corrected chi connectivity index (χ1v) is 8.45. The van der Waals surface area contributed by atoms with Gasteiger partial charge in [-0.05, 0) is 42.8 Å². The average molecular weight is 350 g/mol. The van der Waals surface area contributed by atoms with E-state index in [1.54, 1.807) is 7.11 Å². The molecule has 0 saturated heterocycles. The van der Waals surface area contributed by atoms with Gasteiger partial charge in [0.15, 0.2) is 0 Å². The second-order valence-electron chi connectivity index (χ2n) is 5.90. The molecule has 0 aliphatic rings. The van der Waals surface area contributed by atoms with Crippen LogP contribution in [0, 0.1) is 6.92 Å². The molecule has 134 valence electrons. The standard InChI is InChI=1S/C20H22N4O2/c1-14-7-9-17(18(13-14)26-2)24-20(25)22-12-11-21-19-10-8-15-5-3-4-6-16(15)23-19/h3-10,13H,11-12H2,1-2H3,(H,21,23)(H2,22,24,25). The first-order valence-electron chi connectivity index (χ1n) is 8.45. The molecule has 0 bridgehead atoms. The van der Waals surface area contributed by atoms with Gasteiger partial charge in [0.25, 0.3) is 0 Å². The molecule has 0 atom stereocenters. The zero-order chi connectivity index (χ0) is 18.4. The molecule has 6 heteroatoms. The van der Waals surface area contributed by atoms with E-state index < -0.39 is 0 Å². The summed E-state index contributed by atoms with van der Waals surface area (Å²) >= 11 is 0.